The number of carbonyl (C=O) groups is 4. The first-order valence-corrected chi connectivity index (χ1v) is 20.3. The lowest BCUT2D eigenvalue weighted by molar-refractivity contribution is -0.177. The number of aromatic hydroxyl groups is 1. The summed E-state index contributed by atoms with van der Waals surface area (Å²) < 4.78 is 11.9. The highest BCUT2D eigenvalue weighted by molar-refractivity contribution is 6.04. The van der Waals surface area contributed by atoms with E-state index in [0.29, 0.717) is 70.8 Å². The molecule has 8 N–H and O–H groups in total. The molecule has 1 unspecified atom stereocenters. The average molecular weight is 853 g/mol. The summed E-state index contributed by atoms with van der Waals surface area (Å²) in [7, 11) is 0. The second-order valence-corrected chi connectivity index (χ2v) is 14.8. The van der Waals surface area contributed by atoms with Crippen LogP contribution in [0.25, 0.3) is 10.9 Å². The number of rotatable bonds is 16. The molecule has 0 aliphatic carbocycles. The molecule has 4 aromatic carbocycles. The van der Waals surface area contributed by atoms with Crippen molar-refractivity contribution in [2.45, 2.75) is 49.9 Å². The minimum absolute atomic E-state index is 0.0431. The lowest BCUT2D eigenvalue weighted by Gasteiger charge is -2.44. The Balaban J connectivity index is 0.00000114. The number of fused-ring (bicyclic) bond motifs is 4. The molecule has 1 aromatic heterocycles. The minimum Gasteiger partial charge on any atom is -0.506 e. The predicted molar refractivity (Wildman–Crippen MR) is 230 cm³/mol. The first kappa shape index (κ1) is 46.5. The number of H-pyrrole nitrogens is 1. The number of phenols is 1. The maximum Gasteiger partial charge on any atom is 0.348 e. The highest BCUT2D eigenvalue weighted by Gasteiger charge is 2.45. The average Bonchev–Trinajstić information content (AvgIpc) is 3.28. The van der Waals surface area contributed by atoms with Crippen molar-refractivity contribution < 1.29 is 54.2 Å². The second kappa shape index (κ2) is 22.9. The number of hydrogen-bond acceptors (Lipinski definition) is 12. The highest BCUT2D eigenvalue weighted by atomic mass is 16.6. The fraction of sp³-hybridized carbons (Fsp3) is 0.326. The zero-order chi connectivity index (χ0) is 44.5. The van der Waals surface area contributed by atoms with Crippen LogP contribution in [0, 0.1) is 5.92 Å². The molecule has 3 fully saturated rings. The number of esters is 1. The summed E-state index contributed by atoms with van der Waals surface area (Å²) in [6.07, 6.45) is 3.46. The number of hydrogen-bond donors (Lipinski definition) is 8. The number of aliphatic hydroxyl groups excluding tert-OH is 1. The van der Waals surface area contributed by atoms with Gasteiger partial charge in [0.05, 0.1) is 18.2 Å². The van der Waals surface area contributed by atoms with Crippen LogP contribution in [-0.4, -0.2) is 106 Å². The molecule has 3 saturated heterocycles. The third kappa shape index (κ3) is 12.0. The zero-order valence-electron chi connectivity index (χ0n) is 34.0. The van der Waals surface area contributed by atoms with Gasteiger partial charge in [-0.1, -0.05) is 48.5 Å². The van der Waals surface area contributed by atoms with Gasteiger partial charge < -0.3 is 50.6 Å². The van der Waals surface area contributed by atoms with E-state index in [-0.39, 0.29) is 42.2 Å². The van der Waals surface area contributed by atoms with Crippen LogP contribution in [-0.2, 0) is 24.7 Å². The van der Waals surface area contributed by atoms with Gasteiger partial charge in [-0.25, -0.2) is 4.79 Å². The van der Waals surface area contributed by atoms with E-state index in [9.17, 15) is 29.7 Å². The molecule has 0 radical (unpaired) electrons. The van der Waals surface area contributed by atoms with Gasteiger partial charge in [-0.05, 0) is 117 Å². The number of carboxylic acid groups (broad SMARTS) is 2. The van der Waals surface area contributed by atoms with Crippen molar-refractivity contribution in [2.75, 3.05) is 44.6 Å². The fourth-order valence-electron chi connectivity index (χ4n) is 7.69. The molecular weight excluding hydrogens is 801 g/mol. The van der Waals surface area contributed by atoms with E-state index < -0.39 is 17.7 Å². The van der Waals surface area contributed by atoms with Gasteiger partial charge in [0.15, 0.2) is 0 Å². The predicted octanol–water partition coefficient (Wildman–Crippen LogP) is 4.63. The van der Waals surface area contributed by atoms with Crippen molar-refractivity contribution >= 4 is 41.4 Å². The van der Waals surface area contributed by atoms with E-state index in [1.165, 1.54) is 12.1 Å². The van der Waals surface area contributed by atoms with Gasteiger partial charge >= 0.3 is 5.97 Å². The van der Waals surface area contributed by atoms with E-state index >= 15 is 0 Å². The van der Waals surface area contributed by atoms with Crippen molar-refractivity contribution in [1.82, 2.24) is 15.2 Å². The summed E-state index contributed by atoms with van der Waals surface area (Å²) in [6.45, 7) is 3.70. The van der Waals surface area contributed by atoms with E-state index in [0.717, 1.165) is 45.2 Å². The maximum absolute atomic E-state index is 13.9. The molecule has 5 aromatic rings. The fourth-order valence-corrected chi connectivity index (χ4v) is 7.69. The number of nitrogens with zero attached hydrogens (tertiary/aromatic N) is 1. The Kier molecular flexibility index (Phi) is 17.1. The molecule has 1 amide bonds. The molecule has 16 nitrogen and oxygen atoms in total. The van der Waals surface area contributed by atoms with Crippen LogP contribution in [0.5, 0.6) is 11.5 Å². The summed E-state index contributed by atoms with van der Waals surface area (Å²) in [4.78, 5) is 60.4. The molecular formula is C46H52N4O12. The number of ether oxygens (including phenoxy) is 2. The second-order valence-electron chi connectivity index (χ2n) is 14.8. The van der Waals surface area contributed by atoms with E-state index in [2.05, 4.69) is 20.5 Å². The van der Waals surface area contributed by atoms with E-state index in [1.807, 2.05) is 6.07 Å². The zero-order valence-corrected chi connectivity index (χ0v) is 34.0. The Bertz CT molecular complexity index is 2290. The minimum atomic E-state index is -2.07. The molecule has 16 heteroatoms. The van der Waals surface area contributed by atoms with Crippen LogP contribution in [0.15, 0.2) is 108 Å². The van der Waals surface area contributed by atoms with Crippen LogP contribution in [0.4, 0.5) is 5.69 Å². The number of amides is 1. The van der Waals surface area contributed by atoms with Crippen molar-refractivity contribution in [3.05, 3.63) is 136 Å². The Morgan fingerprint density at radius 2 is 1.56 bits per heavy atom. The van der Waals surface area contributed by atoms with E-state index in [1.54, 1.807) is 84.9 Å². The summed E-state index contributed by atoms with van der Waals surface area (Å²) in [5.74, 6) is -0.196. The standard InChI is InChI=1S/C44H48N4O8.2CH2O2/c49-37-18-16-35(36-17-19-40(51)47-41(36)37)38(50)27-45-22-5-2-6-25-55-34-14-12-30(13-15-34)42(52)46-33-11-7-10-32(26-33)44(54,31-8-3-1-4-9-31)43(53)56-39-28-48-23-20-29(39)21-24-48;2*2-1-3/h1,3-4,7-19,26,29,38-39,45,49-50,54H,2,5-6,20-25,27-28H2,(H,46,52)(H,47,51);2*1H,(H,2,3)/t38-,39-,44?;;/m0../s1. The maximum atomic E-state index is 13.9. The van der Waals surface area contributed by atoms with Crippen molar-refractivity contribution in [1.29, 1.82) is 0 Å². The largest absolute Gasteiger partial charge is 0.506 e. The Labute approximate surface area is 357 Å². The molecule has 3 aliphatic rings. The molecule has 2 bridgehead atoms. The first-order valence-electron chi connectivity index (χ1n) is 20.3. The number of pyridine rings is 1. The molecule has 3 aliphatic heterocycles. The number of unbranched alkanes of at least 4 members (excludes halogenated alkanes) is 2. The quantitative estimate of drug-likeness (QED) is 0.0383. The Hall–Kier alpha value is -6.59. The topological polar surface area (TPSA) is 248 Å². The number of aliphatic hydroxyl groups is 2. The van der Waals surface area contributed by atoms with Crippen molar-refractivity contribution in [2.24, 2.45) is 5.92 Å². The number of aromatic amines is 1. The number of piperidine rings is 3. The molecule has 0 saturated carbocycles. The molecule has 0 spiro atoms. The lowest BCUT2D eigenvalue weighted by Crippen LogP contribution is -2.53. The third-order valence-electron chi connectivity index (χ3n) is 10.9. The van der Waals surface area contributed by atoms with Gasteiger partial charge in [-0.2, -0.15) is 0 Å². The number of anilines is 1. The number of phenolic OH excluding ortho intramolecular Hbond substituents is 1. The van der Waals surface area contributed by atoms with Gasteiger partial charge in [-0.3, -0.25) is 24.1 Å². The molecule has 3 atom stereocenters. The van der Waals surface area contributed by atoms with Gasteiger partial charge in [0.1, 0.15) is 17.6 Å². The van der Waals surface area contributed by atoms with Gasteiger partial charge in [0.25, 0.3) is 18.9 Å². The Morgan fingerprint density at radius 3 is 2.24 bits per heavy atom. The molecule has 62 heavy (non-hydrogen) atoms. The lowest BCUT2D eigenvalue weighted by atomic mass is 9.84. The summed E-state index contributed by atoms with van der Waals surface area (Å²) in [6, 6.07) is 28.4. The Morgan fingerprint density at radius 1 is 0.871 bits per heavy atom. The first-order chi connectivity index (χ1) is 30.0. The number of nitrogens with one attached hydrogen (secondary N) is 3. The number of carbonyl (C=O) groups excluding carboxylic acids is 2. The SMILES string of the molecule is O=C(Nc1cccc(C(O)(C(=O)O[C@H]2CN3CCC2CC3)c2ccccc2)c1)c1ccc(OCCCCCNC[C@H](O)c2ccc(O)c3[nH]c(=O)ccc23)cc1.O=CO.O=CO. The van der Waals surface area contributed by atoms with Crippen molar-refractivity contribution in [3.8, 4) is 11.5 Å². The van der Waals surface area contributed by atoms with E-state index in [4.69, 9.17) is 29.3 Å². The third-order valence-corrected chi connectivity index (χ3v) is 10.9. The molecule has 4 heterocycles. The number of aromatic nitrogens is 1. The normalized spacial score (nSPS) is 17.7. The highest BCUT2D eigenvalue weighted by Crippen LogP contribution is 2.36. The molecule has 8 rings (SSSR count). The van der Waals surface area contributed by atoms with Gasteiger partial charge in [0, 0.05) is 41.4 Å². The van der Waals surface area contributed by atoms with Crippen LogP contribution >= 0.6 is 0 Å². The van der Waals surface area contributed by atoms with Crippen LogP contribution < -0.4 is 20.9 Å². The van der Waals surface area contributed by atoms with Gasteiger partial charge in [0.2, 0.25) is 11.2 Å². The summed E-state index contributed by atoms with van der Waals surface area (Å²) in [5, 5.41) is 53.5. The van der Waals surface area contributed by atoms with Crippen LogP contribution in [0.3, 0.4) is 0 Å². The molecule has 328 valence electrons. The smallest absolute Gasteiger partial charge is 0.348 e. The van der Waals surface area contributed by atoms with Gasteiger partial charge in [-0.15, -0.1) is 0 Å². The summed E-state index contributed by atoms with van der Waals surface area (Å²) in [5.41, 5.74) is 0.0708. The van der Waals surface area contributed by atoms with Crippen molar-refractivity contribution in [3.63, 3.8) is 0 Å². The van der Waals surface area contributed by atoms with Crippen LogP contribution in [0.1, 0.15) is 65.3 Å². The van der Waals surface area contributed by atoms with Crippen LogP contribution in [0.2, 0.25) is 0 Å². The summed E-state index contributed by atoms with van der Waals surface area (Å²) >= 11 is 0. The monoisotopic (exact) mass is 852 g/mol. The number of benzene rings is 4.